The Balaban J connectivity index is 2.47. The van der Waals surface area contributed by atoms with Gasteiger partial charge in [0.25, 0.3) is 0 Å². The van der Waals surface area contributed by atoms with Gasteiger partial charge >= 0.3 is 0 Å². The van der Waals surface area contributed by atoms with E-state index in [9.17, 15) is 8.78 Å². The lowest BCUT2D eigenvalue weighted by molar-refractivity contribution is 0.523. The minimum Gasteiger partial charge on any atom is -0.330 e. The zero-order valence-electron chi connectivity index (χ0n) is 9.85. The molecular formula is C13H17F2N. The molecule has 1 aromatic carbocycles. The van der Waals surface area contributed by atoms with Gasteiger partial charge in [0.15, 0.2) is 0 Å². The molecule has 1 aromatic rings. The zero-order valence-corrected chi connectivity index (χ0v) is 9.85. The first kappa shape index (κ1) is 11.5. The fourth-order valence-corrected chi connectivity index (χ4v) is 2.72. The van der Waals surface area contributed by atoms with E-state index in [4.69, 9.17) is 5.73 Å². The van der Waals surface area contributed by atoms with Crippen LogP contribution in [0.5, 0.6) is 0 Å². The van der Waals surface area contributed by atoms with Crippen LogP contribution in [-0.2, 0) is 0 Å². The molecule has 0 radical (unpaired) electrons. The fraction of sp³-hybridized carbons (Fsp3) is 0.538. The van der Waals surface area contributed by atoms with E-state index in [0.717, 1.165) is 0 Å². The van der Waals surface area contributed by atoms with E-state index in [1.807, 2.05) is 13.8 Å². The highest BCUT2D eigenvalue weighted by Crippen LogP contribution is 2.64. The van der Waals surface area contributed by atoms with Gasteiger partial charge in [0.05, 0.1) is 0 Å². The molecule has 1 aliphatic carbocycles. The Morgan fingerprint density at radius 3 is 2.44 bits per heavy atom. The Labute approximate surface area is 94.7 Å². The fourth-order valence-electron chi connectivity index (χ4n) is 2.72. The molecule has 0 amide bonds. The van der Waals surface area contributed by atoms with Gasteiger partial charge in [0, 0.05) is 5.56 Å². The molecule has 1 aliphatic rings. The van der Waals surface area contributed by atoms with Crippen molar-refractivity contribution in [1.82, 2.24) is 0 Å². The second-order valence-corrected chi connectivity index (χ2v) is 5.23. The second kappa shape index (κ2) is 3.52. The van der Waals surface area contributed by atoms with E-state index in [0.29, 0.717) is 12.1 Å². The van der Waals surface area contributed by atoms with E-state index < -0.39 is 11.6 Å². The summed E-state index contributed by atoms with van der Waals surface area (Å²) in [5, 5.41) is 0. The molecule has 2 N–H and O–H groups in total. The molecular weight excluding hydrogens is 208 g/mol. The van der Waals surface area contributed by atoms with Crippen molar-refractivity contribution in [2.45, 2.75) is 26.7 Å². The van der Waals surface area contributed by atoms with Crippen LogP contribution in [-0.4, -0.2) is 6.54 Å². The third kappa shape index (κ3) is 1.46. The highest BCUT2D eigenvalue weighted by molar-refractivity contribution is 5.37. The van der Waals surface area contributed by atoms with Gasteiger partial charge in [-0.25, -0.2) is 8.78 Å². The van der Waals surface area contributed by atoms with Crippen LogP contribution in [0.3, 0.4) is 0 Å². The van der Waals surface area contributed by atoms with Gasteiger partial charge in [-0.1, -0.05) is 19.9 Å². The van der Waals surface area contributed by atoms with Crippen molar-refractivity contribution in [3.63, 3.8) is 0 Å². The molecule has 16 heavy (non-hydrogen) atoms. The van der Waals surface area contributed by atoms with E-state index in [2.05, 4.69) is 0 Å². The minimum absolute atomic E-state index is 0.0857. The molecule has 0 spiro atoms. The number of benzene rings is 1. The molecule has 0 bridgehead atoms. The lowest BCUT2D eigenvalue weighted by atomic mass is 10.00. The molecule has 2 rings (SSSR count). The maximum atomic E-state index is 13.9. The van der Waals surface area contributed by atoms with E-state index in [1.54, 1.807) is 6.92 Å². The first-order valence-electron chi connectivity index (χ1n) is 5.55. The zero-order chi connectivity index (χ0) is 12.1. The average molecular weight is 225 g/mol. The summed E-state index contributed by atoms with van der Waals surface area (Å²) in [4.78, 5) is 0. The van der Waals surface area contributed by atoms with Crippen LogP contribution in [0.25, 0.3) is 0 Å². The highest BCUT2D eigenvalue weighted by atomic mass is 19.1. The first-order chi connectivity index (χ1) is 7.41. The average Bonchev–Trinajstić information content (AvgIpc) is 2.75. The highest BCUT2D eigenvalue weighted by Gasteiger charge is 2.59. The summed E-state index contributed by atoms with van der Waals surface area (Å²) in [7, 11) is 0. The molecule has 1 saturated carbocycles. The third-order valence-corrected chi connectivity index (χ3v) is 3.94. The van der Waals surface area contributed by atoms with Crippen LogP contribution in [0.2, 0.25) is 0 Å². The predicted molar refractivity (Wildman–Crippen MR) is 60.2 cm³/mol. The van der Waals surface area contributed by atoms with Crippen LogP contribution >= 0.6 is 0 Å². The van der Waals surface area contributed by atoms with Gasteiger partial charge in [-0.2, -0.15) is 0 Å². The monoisotopic (exact) mass is 225 g/mol. The number of hydrogen-bond acceptors (Lipinski definition) is 1. The van der Waals surface area contributed by atoms with Crippen LogP contribution in [0.4, 0.5) is 8.78 Å². The number of nitrogens with two attached hydrogens (primary N) is 1. The van der Waals surface area contributed by atoms with Gasteiger partial charge in [0.1, 0.15) is 11.6 Å². The Hall–Kier alpha value is -0.960. The maximum absolute atomic E-state index is 13.9. The molecule has 0 unspecified atom stereocenters. The normalized spacial score (nSPS) is 26.9. The summed E-state index contributed by atoms with van der Waals surface area (Å²) in [6.07, 6.45) is 0. The number of aryl methyl sites for hydroxylation is 1. The van der Waals surface area contributed by atoms with Crippen molar-refractivity contribution >= 4 is 0 Å². The van der Waals surface area contributed by atoms with E-state index in [-0.39, 0.29) is 22.8 Å². The summed E-state index contributed by atoms with van der Waals surface area (Å²) in [6.45, 7) is 6.16. The second-order valence-electron chi connectivity index (χ2n) is 5.23. The summed E-state index contributed by atoms with van der Waals surface area (Å²) >= 11 is 0. The molecule has 1 fully saturated rings. The third-order valence-electron chi connectivity index (χ3n) is 3.94. The van der Waals surface area contributed by atoms with Crippen LogP contribution in [0.15, 0.2) is 12.1 Å². The van der Waals surface area contributed by atoms with Crippen molar-refractivity contribution < 1.29 is 8.78 Å². The minimum atomic E-state index is -0.447. The van der Waals surface area contributed by atoms with E-state index >= 15 is 0 Å². The van der Waals surface area contributed by atoms with Gasteiger partial charge in [0.2, 0.25) is 0 Å². The lowest BCUT2D eigenvalue weighted by Crippen LogP contribution is -2.05. The van der Waals surface area contributed by atoms with Crippen LogP contribution in [0.1, 0.15) is 30.9 Å². The molecule has 3 heteroatoms. The largest absolute Gasteiger partial charge is 0.330 e. The summed E-state index contributed by atoms with van der Waals surface area (Å²) in [5.74, 6) is -0.762. The van der Waals surface area contributed by atoms with Gasteiger partial charge < -0.3 is 5.73 Å². The number of hydrogen-bond donors (Lipinski definition) is 1. The van der Waals surface area contributed by atoms with Crippen LogP contribution in [0, 0.1) is 29.9 Å². The van der Waals surface area contributed by atoms with Gasteiger partial charge in [-0.05, 0) is 42.3 Å². The smallest absolute Gasteiger partial charge is 0.132 e. The van der Waals surface area contributed by atoms with Crippen molar-refractivity contribution in [1.29, 1.82) is 0 Å². The maximum Gasteiger partial charge on any atom is 0.132 e. The summed E-state index contributed by atoms with van der Waals surface area (Å²) in [6, 6.07) is 2.82. The lowest BCUT2D eigenvalue weighted by Gasteiger charge is -2.08. The van der Waals surface area contributed by atoms with Crippen molar-refractivity contribution in [3.05, 3.63) is 34.9 Å². The Bertz CT molecular complexity index is 426. The molecule has 0 aliphatic heterocycles. The Morgan fingerprint density at radius 2 is 1.94 bits per heavy atom. The Morgan fingerprint density at radius 1 is 1.31 bits per heavy atom. The first-order valence-corrected chi connectivity index (χ1v) is 5.55. The summed E-state index contributed by atoms with van der Waals surface area (Å²) in [5.41, 5.74) is 6.26. The van der Waals surface area contributed by atoms with Gasteiger partial charge in [-0.15, -0.1) is 0 Å². The Kier molecular flexibility index (Phi) is 2.54. The summed E-state index contributed by atoms with van der Waals surface area (Å²) < 4.78 is 27.6. The predicted octanol–water partition coefficient (Wildman–Crippen LogP) is 2.97. The SMILES string of the molecule is Cc1ccc(F)c([C@H]2[C@H](CN)C2(C)C)c1F. The van der Waals surface area contributed by atoms with Crippen molar-refractivity contribution in [2.75, 3.05) is 6.54 Å². The van der Waals surface area contributed by atoms with Crippen LogP contribution < -0.4 is 5.73 Å². The molecule has 1 nitrogen and oxygen atoms in total. The topological polar surface area (TPSA) is 26.0 Å². The molecule has 0 saturated heterocycles. The number of halogens is 2. The molecule has 0 aromatic heterocycles. The standard InChI is InChI=1S/C13H17F2N/c1-7-4-5-9(14)10(12(7)15)11-8(6-16)13(11,2)3/h4-5,8,11H,6,16H2,1-3H3/t8-,11+/m0/s1. The van der Waals surface area contributed by atoms with Gasteiger partial charge in [-0.3, -0.25) is 0 Å². The van der Waals surface area contributed by atoms with Crippen molar-refractivity contribution in [3.8, 4) is 0 Å². The molecule has 88 valence electrons. The molecule has 2 atom stereocenters. The quantitative estimate of drug-likeness (QED) is 0.822. The van der Waals surface area contributed by atoms with E-state index in [1.165, 1.54) is 12.1 Å². The van der Waals surface area contributed by atoms with Crippen molar-refractivity contribution in [2.24, 2.45) is 17.1 Å². The number of rotatable bonds is 2. The molecule has 0 heterocycles.